The zero-order valence-electron chi connectivity index (χ0n) is 8.06. The summed E-state index contributed by atoms with van der Waals surface area (Å²) >= 11 is 3.13. The lowest BCUT2D eigenvalue weighted by Crippen LogP contribution is -2.42. The van der Waals surface area contributed by atoms with Gasteiger partial charge >= 0.3 is 0 Å². The number of hydrogen-bond donors (Lipinski definition) is 3. The number of phenolic OH excluding ortho intramolecular Hbond substituents is 1. The van der Waals surface area contributed by atoms with E-state index in [-0.39, 0.29) is 17.6 Å². The molecular weight excluding hydrogens is 263 g/mol. The van der Waals surface area contributed by atoms with E-state index in [0.717, 1.165) is 13.1 Å². The standard InChI is InChI=1S/C10H12BrFN2O/c11-8-4-6(12)3-7(10(8)15)9-5-13-1-2-14-9/h3-4,9,13-15H,1-2,5H2/t9-/m0/s1. The minimum atomic E-state index is -0.345. The van der Waals surface area contributed by atoms with Gasteiger partial charge in [0, 0.05) is 31.2 Å². The second-order valence-corrected chi connectivity index (χ2v) is 4.39. The van der Waals surface area contributed by atoms with E-state index in [1.54, 1.807) is 0 Å². The lowest BCUT2D eigenvalue weighted by Gasteiger charge is -2.25. The fraction of sp³-hybridized carbons (Fsp3) is 0.400. The fourth-order valence-corrected chi connectivity index (χ4v) is 2.17. The zero-order chi connectivity index (χ0) is 10.8. The average molecular weight is 275 g/mol. The normalized spacial score (nSPS) is 21.6. The molecule has 82 valence electrons. The Hall–Kier alpha value is -0.650. The molecule has 15 heavy (non-hydrogen) atoms. The van der Waals surface area contributed by atoms with Crippen molar-refractivity contribution < 1.29 is 9.50 Å². The smallest absolute Gasteiger partial charge is 0.134 e. The number of phenols is 1. The molecule has 2 rings (SSSR count). The summed E-state index contributed by atoms with van der Waals surface area (Å²) in [5.74, 6) is -0.236. The summed E-state index contributed by atoms with van der Waals surface area (Å²) in [6.45, 7) is 2.41. The maximum atomic E-state index is 13.2. The van der Waals surface area contributed by atoms with Crippen LogP contribution < -0.4 is 10.6 Å². The molecule has 0 amide bonds. The first-order chi connectivity index (χ1) is 7.18. The number of benzene rings is 1. The highest BCUT2D eigenvalue weighted by Gasteiger charge is 2.19. The summed E-state index contributed by atoms with van der Waals surface area (Å²) in [4.78, 5) is 0. The molecule has 0 radical (unpaired) electrons. The van der Waals surface area contributed by atoms with Gasteiger partial charge in [-0.25, -0.2) is 4.39 Å². The summed E-state index contributed by atoms with van der Waals surface area (Å²) < 4.78 is 13.6. The number of halogens is 2. The van der Waals surface area contributed by atoms with E-state index in [0.29, 0.717) is 16.6 Å². The monoisotopic (exact) mass is 274 g/mol. The number of nitrogens with one attached hydrogen (secondary N) is 2. The zero-order valence-corrected chi connectivity index (χ0v) is 9.64. The summed E-state index contributed by atoms with van der Waals surface area (Å²) in [6, 6.07) is 2.59. The maximum Gasteiger partial charge on any atom is 0.134 e. The van der Waals surface area contributed by atoms with Crippen molar-refractivity contribution in [1.29, 1.82) is 0 Å². The molecule has 1 heterocycles. The van der Waals surface area contributed by atoms with Crippen molar-refractivity contribution in [2.75, 3.05) is 19.6 Å². The second-order valence-electron chi connectivity index (χ2n) is 3.54. The van der Waals surface area contributed by atoms with Crippen molar-refractivity contribution >= 4 is 15.9 Å². The molecule has 3 N–H and O–H groups in total. The average Bonchev–Trinajstić information content (AvgIpc) is 2.24. The first kappa shape index (κ1) is 10.9. The Bertz CT molecular complexity index is 367. The van der Waals surface area contributed by atoms with Gasteiger partial charge in [-0.3, -0.25) is 0 Å². The van der Waals surface area contributed by atoms with Crippen LogP contribution in [-0.2, 0) is 0 Å². The molecular formula is C10H12BrFN2O. The number of rotatable bonds is 1. The first-order valence-electron chi connectivity index (χ1n) is 4.80. The molecule has 1 aliphatic heterocycles. The Kier molecular flexibility index (Phi) is 3.23. The largest absolute Gasteiger partial charge is 0.506 e. The van der Waals surface area contributed by atoms with Crippen molar-refractivity contribution in [3.8, 4) is 5.75 Å². The van der Waals surface area contributed by atoms with Crippen molar-refractivity contribution in [1.82, 2.24) is 10.6 Å². The molecule has 1 atom stereocenters. The van der Waals surface area contributed by atoms with E-state index in [1.165, 1.54) is 12.1 Å². The third-order valence-corrected chi connectivity index (χ3v) is 3.08. The summed E-state index contributed by atoms with van der Waals surface area (Å²) in [6.07, 6.45) is 0. The van der Waals surface area contributed by atoms with Crippen molar-refractivity contribution in [3.63, 3.8) is 0 Å². The van der Waals surface area contributed by atoms with E-state index in [4.69, 9.17) is 0 Å². The number of piperazine rings is 1. The van der Waals surface area contributed by atoms with Crippen LogP contribution in [-0.4, -0.2) is 24.7 Å². The quantitative estimate of drug-likeness (QED) is 0.728. The van der Waals surface area contributed by atoms with E-state index in [9.17, 15) is 9.50 Å². The van der Waals surface area contributed by atoms with Gasteiger partial charge in [-0.1, -0.05) is 0 Å². The highest BCUT2D eigenvalue weighted by Crippen LogP contribution is 2.33. The molecule has 1 aromatic carbocycles. The van der Waals surface area contributed by atoms with Crippen LogP contribution in [0.2, 0.25) is 0 Å². The van der Waals surface area contributed by atoms with Gasteiger partial charge in [-0.05, 0) is 28.1 Å². The second kappa shape index (κ2) is 4.47. The fourth-order valence-electron chi connectivity index (χ4n) is 1.72. The van der Waals surface area contributed by atoms with E-state index < -0.39 is 0 Å². The lowest BCUT2D eigenvalue weighted by atomic mass is 10.0. The lowest BCUT2D eigenvalue weighted by molar-refractivity contribution is 0.400. The molecule has 0 aliphatic carbocycles. The third kappa shape index (κ3) is 2.30. The number of aromatic hydroxyl groups is 1. The summed E-state index contributed by atoms with van der Waals surface area (Å²) in [5, 5.41) is 16.2. The van der Waals surface area contributed by atoms with Gasteiger partial charge in [0.1, 0.15) is 11.6 Å². The molecule has 1 fully saturated rings. The predicted octanol–water partition coefficient (Wildman–Crippen LogP) is 1.53. The maximum absolute atomic E-state index is 13.2. The summed E-state index contributed by atoms with van der Waals surface area (Å²) in [5.41, 5.74) is 0.592. The Morgan fingerprint density at radius 1 is 1.40 bits per heavy atom. The minimum absolute atomic E-state index is 0.0363. The molecule has 0 aromatic heterocycles. The highest BCUT2D eigenvalue weighted by molar-refractivity contribution is 9.10. The molecule has 5 heteroatoms. The molecule has 0 bridgehead atoms. The van der Waals surface area contributed by atoms with Gasteiger partial charge in [0.05, 0.1) is 4.47 Å². The topological polar surface area (TPSA) is 44.3 Å². The van der Waals surface area contributed by atoms with Crippen LogP contribution in [0, 0.1) is 5.82 Å². The Morgan fingerprint density at radius 2 is 2.20 bits per heavy atom. The summed E-state index contributed by atoms with van der Waals surface area (Å²) in [7, 11) is 0. The Morgan fingerprint density at radius 3 is 2.87 bits per heavy atom. The van der Waals surface area contributed by atoms with Crippen molar-refractivity contribution in [3.05, 3.63) is 28.0 Å². The highest BCUT2D eigenvalue weighted by atomic mass is 79.9. The van der Waals surface area contributed by atoms with Gasteiger partial charge in [-0.15, -0.1) is 0 Å². The van der Waals surface area contributed by atoms with Crippen LogP contribution >= 0.6 is 15.9 Å². The Balaban J connectivity index is 2.33. The van der Waals surface area contributed by atoms with Crippen molar-refractivity contribution in [2.24, 2.45) is 0 Å². The van der Waals surface area contributed by atoms with Gasteiger partial charge in [0.15, 0.2) is 0 Å². The van der Waals surface area contributed by atoms with Crippen LogP contribution in [0.4, 0.5) is 4.39 Å². The van der Waals surface area contributed by atoms with E-state index in [1.807, 2.05) is 0 Å². The molecule has 3 nitrogen and oxygen atoms in total. The molecule has 0 saturated carbocycles. The van der Waals surface area contributed by atoms with Crippen LogP contribution in [0.25, 0.3) is 0 Å². The SMILES string of the molecule is Oc1c(Br)cc(F)cc1[C@@H]1CNCCN1. The van der Waals surface area contributed by atoms with Crippen LogP contribution in [0.1, 0.15) is 11.6 Å². The molecule has 1 saturated heterocycles. The van der Waals surface area contributed by atoms with Gasteiger partial charge in [0.2, 0.25) is 0 Å². The number of hydrogen-bond acceptors (Lipinski definition) is 3. The first-order valence-corrected chi connectivity index (χ1v) is 5.60. The van der Waals surface area contributed by atoms with Crippen LogP contribution in [0.15, 0.2) is 16.6 Å². The van der Waals surface area contributed by atoms with Crippen molar-refractivity contribution in [2.45, 2.75) is 6.04 Å². The van der Waals surface area contributed by atoms with Gasteiger partial charge < -0.3 is 15.7 Å². The van der Waals surface area contributed by atoms with Gasteiger partial charge in [-0.2, -0.15) is 0 Å². The molecule has 0 unspecified atom stereocenters. The molecule has 1 aromatic rings. The molecule has 1 aliphatic rings. The van der Waals surface area contributed by atoms with Gasteiger partial charge in [0.25, 0.3) is 0 Å². The molecule has 0 spiro atoms. The van der Waals surface area contributed by atoms with E-state index in [2.05, 4.69) is 26.6 Å². The predicted molar refractivity (Wildman–Crippen MR) is 59.4 cm³/mol. The third-order valence-electron chi connectivity index (χ3n) is 2.47. The van der Waals surface area contributed by atoms with E-state index >= 15 is 0 Å². The Labute approximate surface area is 95.8 Å². The van der Waals surface area contributed by atoms with Crippen LogP contribution in [0.3, 0.4) is 0 Å². The van der Waals surface area contributed by atoms with Crippen LogP contribution in [0.5, 0.6) is 5.75 Å². The minimum Gasteiger partial charge on any atom is -0.506 e.